The second-order valence-electron chi connectivity index (χ2n) is 4.90. The first-order valence-corrected chi connectivity index (χ1v) is 7.54. The molecule has 2 aromatic heterocycles. The summed E-state index contributed by atoms with van der Waals surface area (Å²) >= 11 is 0. The number of nitrogens with one attached hydrogen (secondary N) is 1. The Morgan fingerprint density at radius 3 is 2.72 bits per heavy atom. The van der Waals surface area contributed by atoms with Crippen LogP contribution in [0.1, 0.15) is 17.3 Å². The summed E-state index contributed by atoms with van der Waals surface area (Å²) in [5, 5.41) is 3.15. The molecular formula is C18H17ClN4O2. The van der Waals surface area contributed by atoms with Gasteiger partial charge in [-0.25, -0.2) is 14.8 Å². The van der Waals surface area contributed by atoms with Crippen LogP contribution in [-0.4, -0.2) is 27.5 Å². The van der Waals surface area contributed by atoms with Gasteiger partial charge in [-0.1, -0.05) is 12.1 Å². The molecule has 7 heteroatoms. The van der Waals surface area contributed by atoms with Crippen LogP contribution in [0.25, 0.3) is 11.4 Å². The highest BCUT2D eigenvalue weighted by Gasteiger charge is 2.12. The number of ether oxygens (including phenoxy) is 1. The van der Waals surface area contributed by atoms with E-state index in [9.17, 15) is 4.79 Å². The van der Waals surface area contributed by atoms with Crippen LogP contribution in [-0.2, 0) is 4.74 Å². The molecule has 3 rings (SSSR count). The van der Waals surface area contributed by atoms with Gasteiger partial charge in [0.15, 0.2) is 5.82 Å². The molecule has 6 nitrogen and oxygen atoms in total. The number of esters is 1. The first-order valence-electron chi connectivity index (χ1n) is 7.54. The van der Waals surface area contributed by atoms with Gasteiger partial charge in [-0.15, -0.1) is 12.4 Å². The van der Waals surface area contributed by atoms with Crippen molar-refractivity contribution in [1.82, 2.24) is 15.0 Å². The lowest BCUT2D eigenvalue weighted by Gasteiger charge is -2.11. The van der Waals surface area contributed by atoms with Crippen molar-refractivity contribution < 1.29 is 9.53 Å². The molecule has 1 N–H and O–H groups in total. The Kier molecular flexibility index (Phi) is 6.42. The summed E-state index contributed by atoms with van der Waals surface area (Å²) < 4.78 is 5.08. The number of carbonyl (C=O) groups is 1. The molecule has 25 heavy (non-hydrogen) atoms. The van der Waals surface area contributed by atoms with E-state index in [0.29, 0.717) is 29.5 Å². The Bertz CT molecular complexity index is 843. The van der Waals surface area contributed by atoms with Gasteiger partial charge in [0.25, 0.3) is 0 Å². The van der Waals surface area contributed by atoms with Gasteiger partial charge in [0.2, 0.25) is 0 Å². The van der Waals surface area contributed by atoms with Gasteiger partial charge in [0, 0.05) is 24.2 Å². The molecule has 0 bridgehead atoms. The molecule has 0 amide bonds. The lowest BCUT2D eigenvalue weighted by atomic mass is 10.2. The largest absolute Gasteiger partial charge is 0.462 e. The average molecular weight is 357 g/mol. The van der Waals surface area contributed by atoms with Crippen LogP contribution in [0, 0.1) is 0 Å². The van der Waals surface area contributed by atoms with E-state index in [1.807, 2.05) is 18.2 Å². The van der Waals surface area contributed by atoms with Crippen molar-refractivity contribution in [3.8, 4) is 11.4 Å². The molecule has 2 heterocycles. The maximum Gasteiger partial charge on any atom is 0.340 e. The minimum absolute atomic E-state index is 0. The number of pyridine rings is 1. The Labute approximate surface area is 151 Å². The molecule has 0 aliphatic carbocycles. The van der Waals surface area contributed by atoms with Gasteiger partial charge < -0.3 is 10.1 Å². The van der Waals surface area contributed by atoms with Crippen LogP contribution < -0.4 is 5.32 Å². The zero-order valence-electron chi connectivity index (χ0n) is 13.5. The molecule has 0 aliphatic heterocycles. The van der Waals surface area contributed by atoms with Crippen LogP contribution >= 0.6 is 12.4 Å². The first-order chi connectivity index (χ1) is 11.8. The van der Waals surface area contributed by atoms with Gasteiger partial charge in [-0.2, -0.15) is 0 Å². The molecular weight excluding hydrogens is 340 g/mol. The maximum absolute atomic E-state index is 12.0. The lowest BCUT2D eigenvalue weighted by molar-refractivity contribution is 0.0527. The first kappa shape index (κ1) is 18.4. The fourth-order valence-corrected chi connectivity index (χ4v) is 2.18. The third-order valence-electron chi connectivity index (χ3n) is 3.26. The molecule has 128 valence electrons. The topological polar surface area (TPSA) is 77.0 Å². The number of nitrogens with zero attached hydrogens (tertiary/aromatic N) is 3. The Morgan fingerprint density at radius 1 is 1.12 bits per heavy atom. The molecule has 0 saturated heterocycles. The SMILES string of the molecule is CCOC(=O)c1ccccc1Nc1ccnc(-c2cccnc2)n1.Cl. The normalized spacial score (nSPS) is 9.80. The molecule has 0 atom stereocenters. The number of hydrogen-bond acceptors (Lipinski definition) is 6. The maximum atomic E-state index is 12.0. The van der Waals surface area contributed by atoms with Crippen LogP contribution in [0.5, 0.6) is 0 Å². The average Bonchev–Trinajstić information content (AvgIpc) is 2.63. The standard InChI is InChI=1S/C18H16N4O2.ClH/c1-2-24-18(23)14-7-3-4-8-15(14)21-16-9-11-20-17(22-16)13-6-5-10-19-12-13;/h3-12H,2H2,1H3,(H,20,21,22);1H. The summed E-state index contributed by atoms with van der Waals surface area (Å²) in [7, 11) is 0. The Balaban J connectivity index is 0.00000225. The Morgan fingerprint density at radius 2 is 1.96 bits per heavy atom. The minimum Gasteiger partial charge on any atom is -0.462 e. The quantitative estimate of drug-likeness (QED) is 0.699. The fourth-order valence-electron chi connectivity index (χ4n) is 2.18. The van der Waals surface area contributed by atoms with Crippen molar-refractivity contribution in [1.29, 1.82) is 0 Å². The minimum atomic E-state index is -0.373. The van der Waals surface area contributed by atoms with Crippen molar-refractivity contribution in [2.24, 2.45) is 0 Å². The van der Waals surface area contributed by atoms with E-state index in [1.165, 1.54) is 0 Å². The highest BCUT2D eigenvalue weighted by molar-refractivity contribution is 5.96. The lowest BCUT2D eigenvalue weighted by Crippen LogP contribution is -2.08. The highest BCUT2D eigenvalue weighted by atomic mass is 35.5. The van der Waals surface area contributed by atoms with Crippen molar-refractivity contribution in [3.05, 3.63) is 66.6 Å². The van der Waals surface area contributed by atoms with E-state index < -0.39 is 0 Å². The van der Waals surface area contributed by atoms with E-state index >= 15 is 0 Å². The molecule has 0 fully saturated rings. The number of hydrogen-bond donors (Lipinski definition) is 1. The summed E-state index contributed by atoms with van der Waals surface area (Å²) in [5.74, 6) is 0.768. The molecule has 0 unspecified atom stereocenters. The van der Waals surface area contributed by atoms with Crippen molar-refractivity contribution in [2.45, 2.75) is 6.92 Å². The number of rotatable bonds is 5. The molecule has 0 spiro atoms. The summed E-state index contributed by atoms with van der Waals surface area (Å²) in [6.45, 7) is 2.10. The van der Waals surface area contributed by atoms with Crippen molar-refractivity contribution in [2.75, 3.05) is 11.9 Å². The molecule has 0 radical (unpaired) electrons. The van der Waals surface area contributed by atoms with Crippen LogP contribution in [0.4, 0.5) is 11.5 Å². The second-order valence-corrected chi connectivity index (χ2v) is 4.90. The van der Waals surface area contributed by atoms with Crippen molar-refractivity contribution in [3.63, 3.8) is 0 Å². The van der Waals surface area contributed by atoms with Gasteiger partial charge in [-0.3, -0.25) is 4.98 Å². The number of anilines is 2. The van der Waals surface area contributed by atoms with Crippen molar-refractivity contribution >= 4 is 29.9 Å². The third-order valence-corrected chi connectivity index (χ3v) is 3.26. The fraction of sp³-hybridized carbons (Fsp3) is 0.111. The van der Waals surface area contributed by atoms with E-state index in [4.69, 9.17) is 4.74 Å². The smallest absolute Gasteiger partial charge is 0.340 e. The van der Waals surface area contributed by atoms with Gasteiger partial charge in [-0.05, 0) is 37.3 Å². The molecule has 0 aliphatic rings. The van der Waals surface area contributed by atoms with E-state index in [0.717, 1.165) is 5.56 Å². The molecule has 0 saturated carbocycles. The van der Waals surface area contributed by atoms with E-state index in [-0.39, 0.29) is 18.4 Å². The van der Waals surface area contributed by atoms with Crippen LogP contribution in [0.2, 0.25) is 0 Å². The number of halogens is 1. The number of aromatic nitrogens is 3. The van der Waals surface area contributed by atoms with Gasteiger partial charge in [0.1, 0.15) is 5.82 Å². The summed E-state index contributed by atoms with van der Waals surface area (Å²) in [6, 6.07) is 12.6. The number of para-hydroxylation sites is 1. The zero-order chi connectivity index (χ0) is 16.8. The van der Waals surface area contributed by atoms with Crippen LogP contribution in [0.3, 0.4) is 0 Å². The second kappa shape index (κ2) is 8.75. The Hall–Kier alpha value is -2.99. The van der Waals surface area contributed by atoms with Gasteiger partial charge in [0.05, 0.1) is 17.9 Å². The summed E-state index contributed by atoms with van der Waals surface area (Å²) in [6.07, 6.45) is 5.05. The monoisotopic (exact) mass is 356 g/mol. The summed E-state index contributed by atoms with van der Waals surface area (Å²) in [4.78, 5) is 24.8. The van der Waals surface area contributed by atoms with E-state index in [1.54, 1.807) is 49.8 Å². The van der Waals surface area contributed by atoms with Gasteiger partial charge >= 0.3 is 5.97 Å². The van der Waals surface area contributed by atoms with E-state index in [2.05, 4.69) is 20.3 Å². The predicted octanol–water partition coefficient (Wildman–Crippen LogP) is 3.88. The summed E-state index contributed by atoms with van der Waals surface area (Å²) in [5.41, 5.74) is 1.91. The predicted molar refractivity (Wildman–Crippen MR) is 98.2 cm³/mol. The highest BCUT2D eigenvalue weighted by Crippen LogP contribution is 2.22. The molecule has 3 aromatic rings. The van der Waals surface area contributed by atoms with Crippen LogP contribution in [0.15, 0.2) is 61.1 Å². The number of benzene rings is 1. The third kappa shape index (κ3) is 4.51. The number of carbonyl (C=O) groups excluding carboxylic acids is 1. The zero-order valence-corrected chi connectivity index (χ0v) is 14.4. The molecule has 1 aromatic carbocycles.